The Balaban J connectivity index is 2.59. The first-order chi connectivity index (χ1) is 7.09. The van der Waals surface area contributed by atoms with Gasteiger partial charge in [0.15, 0.2) is 0 Å². The Labute approximate surface area is 93.5 Å². The first-order valence-corrected chi connectivity index (χ1v) is 5.02. The maximum atomic E-state index is 6.12. The lowest BCUT2D eigenvalue weighted by molar-refractivity contribution is 0.931. The van der Waals surface area contributed by atoms with Crippen LogP contribution >= 0.6 is 11.6 Å². The maximum Gasteiger partial charge on any atom is 0.201 e. The summed E-state index contributed by atoms with van der Waals surface area (Å²) in [6, 6.07) is 8.02. The minimum Gasteiger partial charge on any atom is -0.369 e. The molecule has 3 nitrogen and oxygen atoms in total. The third-order valence-electron chi connectivity index (χ3n) is 2.35. The molecule has 0 unspecified atom stereocenters. The van der Waals surface area contributed by atoms with E-state index in [9.17, 15) is 0 Å². The molecule has 0 aliphatic heterocycles. The number of halogens is 1. The first-order valence-electron chi connectivity index (χ1n) is 4.64. The summed E-state index contributed by atoms with van der Waals surface area (Å²) in [5, 5.41) is 0.568. The molecule has 0 saturated heterocycles. The van der Waals surface area contributed by atoms with E-state index >= 15 is 0 Å². The number of rotatable bonds is 1. The van der Waals surface area contributed by atoms with Gasteiger partial charge in [-0.15, -0.1) is 0 Å². The number of nitrogens with zero attached hydrogens (tertiary/aromatic N) is 2. The summed E-state index contributed by atoms with van der Waals surface area (Å²) in [6.45, 7) is 2.03. The number of benzene rings is 1. The predicted molar refractivity (Wildman–Crippen MR) is 62.8 cm³/mol. The number of anilines is 1. The standard InChI is InChI=1S/C11H12ClN3/c1-7-4-3-5-8(6-7)9-10(12)15(2)11(13)14-9/h3-6H,1-2H3,(H2,13,14). The maximum absolute atomic E-state index is 6.12. The zero-order chi connectivity index (χ0) is 11.0. The Morgan fingerprint density at radius 3 is 2.67 bits per heavy atom. The van der Waals surface area contributed by atoms with Crippen LogP contribution in [0.5, 0.6) is 0 Å². The van der Waals surface area contributed by atoms with Crippen LogP contribution in [0.3, 0.4) is 0 Å². The minimum absolute atomic E-state index is 0.427. The van der Waals surface area contributed by atoms with E-state index < -0.39 is 0 Å². The second-order valence-electron chi connectivity index (χ2n) is 3.54. The van der Waals surface area contributed by atoms with Crippen molar-refractivity contribution in [3.63, 3.8) is 0 Å². The Hall–Kier alpha value is -1.48. The molecule has 2 N–H and O–H groups in total. The number of nitrogens with two attached hydrogens (primary N) is 1. The van der Waals surface area contributed by atoms with Crippen molar-refractivity contribution in [3.05, 3.63) is 35.0 Å². The molecule has 2 rings (SSSR count). The summed E-state index contributed by atoms with van der Waals surface area (Å²) in [6.07, 6.45) is 0. The fraction of sp³-hybridized carbons (Fsp3) is 0.182. The summed E-state index contributed by atoms with van der Waals surface area (Å²) in [5.74, 6) is 0.427. The lowest BCUT2D eigenvalue weighted by Gasteiger charge is -1.99. The summed E-state index contributed by atoms with van der Waals surface area (Å²) in [5.41, 5.74) is 8.59. The Bertz CT molecular complexity index is 503. The van der Waals surface area contributed by atoms with Crippen molar-refractivity contribution < 1.29 is 0 Å². The summed E-state index contributed by atoms with van der Waals surface area (Å²) < 4.78 is 1.67. The highest BCUT2D eigenvalue weighted by atomic mass is 35.5. The second kappa shape index (κ2) is 3.59. The van der Waals surface area contributed by atoms with E-state index in [1.807, 2.05) is 31.2 Å². The highest BCUT2D eigenvalue weighted by molar-refractivity contribution is 6.32. The topological polar surface area (TPSA) is 43.8 Å². The minimum atomic E-state index is 0.427. The van der Waals surface area contributed by atoms with Gasteiger partial charge in [-0.1, -0.05) is 35.4 Å². The molecule has 0 amide bonds. The number of aromatic nitrogens is 2. The van der Waals surface area contributed by atoms with Gasteiger partial charge < -0.3 is 10.3 Å². The molecular weight excluding hydrogens is 210 g/mol. The molecule has 0 spiro atoms. The Kier molecular flexibility index (Phi) is 2.40. The van der Waals surface area contributed by atoms with Crippen LogP contribution in [0.2, 0.25) is 5.15 Å². The number of hydrogen-bond donors (Lipinski definition) is 1. The van der Waals surface area contributed by atoms with E-state index in [2.05, 4.69) is 4.98 Å². The van der Waals surface area contributed by atoms with Crippen LogP contribution in [0, 0.1) is 6.92 Å². The van der Waals surface area contributed by atoms with Crippen LogP contribution in [0.1, 0.15) is 5.56 Å². The van der Waals surface area contributed by atoms with Crippen LogP contribution in [0.4, 0.5) is 5.95 Å². The molecule has 0 aliphatic carbocycles. The van der Waals surface area contributed by atoms with E-state index in [0.717, 1.165) is 11.3 Å². The molecule has 78 valence electrons. The fourth-order valence-electron chi connectivity index (χ4n) is 1.47. The van der Waals surface area contributed by atoms with Crippen molar-refractivity contribution in [2.75, 3.05) is 5.73 Å². The molecule has 0 saturated carbocycles. The quantitative estimate of drug-likeness (QED) is 0.805. The highest BCUT2D eigenvalue weighted by Crippen LogP contribution is 2.28. The van der Waals surface area contributed by atoms with Crippen molar-refractivity contribution in [1.29, 1.82) is 0 Å². The normalized spacial score (nSPS) is 10.6. The van der Waals surface area contributed by atoms with Crippen molar-refractivity contribution in [1.82, 2.24) is 9.55 Å². The Morgan fingerprint density at radius 1 is 1.40 bits per heavy atom. The van der Waals surface area contributed by atoms with Gasteiger partial charge in [0.2, 0.25) is 5.95 Å². The van der Waals surface area contributed by atoms with Gasteiger partial charge in [-0.2, -0.15) is 0 Å². The van der Waals surface area contributed by atoms with Crippen molar-refractivity contribution in [2.45, 2.75) is 6.92 Å². The van der Waals surface area contributed by atoms with Gasteiger partial charge >= 0.3 is 0 Å². The average Bonchev–Trinajstić information content (AvgIpc) is 2.46. The molecule has 1 aromatic heterocycles. The zero-order valence-corrected chi connectivity index (χ0v) is 9.42. The van der Waals surface area contributed by atoms with E-state index in [1.165, 1.54) is 5.56 Å². The average molecular weight is 222 g/mol. The van der Waals surface area contributed by atoms with Gasteiger partial charge in [-0.3, -0.25) is 0 Å². The van der Waals surface area contributed by atoms with Crippen molar-refractivity contribution in [3.8, 4) is 11.3 Å². The number of hydrogen-bond acceptors (Lipinski definition) is 2. The number of nitrogen functional groups attached to an aromatic ring is 1. The van der Waals surface area contributed by atoms with Crippen molar-refractivity contribution in [2.24, 2.45) is 7.05 Å². The monoisotopic (exact) mass is 221 g/mol. The number of aryl methyl sites for hydroxylation is 1. The van der Waals surface area contributed by atoms with Crippen LogP contribution in [0.25, 0.3) is 11.3 Å². The highest BCUT2D eigenvalue weighted by Gasteiger charge is 2.12. The predicted octanol–water partition coefficient (Wildman–Crippen LogP) is 2.63. The van der Waals surface area contributed by atoms with Crippen LogP contribution < -0.4 is 5.73 Å². The zero-order valence-electron chi connectivity index (χ0n) is 8.66. The summed E-state index contributed by atoms with van der Waals surface area (Å²) in [4.78, 5) is 4.23. The van der Waals surface area contributed by atoms with Gasteiger partial charge in [-0.25, -0.2) is 4.98 Å². The van der Waals surface area contributed by atoms with E-state index in [-0.39, 0.29) is 0 Å². The van der Waals surface area contributed by atoms with Crippen molar-refractivity contribution >= 4 is 17.5 Å². The molecule has 0 fully saturated rings. The summed E-state index contributed by atoms with van der Waals surface area (Å²) in [7, 11) is 1.80. The molecule has 2 aromatic rings. The largest absolute Gasteiger partial charge is 0.369 e. The van der Waals surface area contributed by atoms with E-state index in [1.54, 1.807) is 11.6 Å². The smallest absolute Gasteiger partial charge is 0.201 e. The van der Waals surface area contributed by atoms with Crippen LogP contribution in [0.15, 0.2) is 24.3 Å². The second-order valence-corrected chi connectivity index (χ2v) is 3.90. The van der Waals surface area contributed by atoms with Gasteiger partial charge in [0.05, 0.1) is 0 Å². The van der Waals surface area contributed by atoms with Crippen LogP contribution in [-0.2, 0) is 7.05 Å². The Morgan fingerprint density at radius 2 is 2.13 bits per heavy atom. The van der Waals surface area contributed by atoms with Crippen LogP contribution in [-0.4, -0.2) is 9.55 Å². The lowest BCUT2D eigenvalue weighted by atomic mass is 10.1. The number of imidazole rings is 1. The first kappa shape index (κ1) is 10.1. The van der Waals surface area contributed by atoms with E-state index in [4.69, 9.17) is 17.3 Å². The molecule has 0 aliphatic rings. The lowest BCUT2D eigenvalue weighted by Crippen LogP contribution is -1.96. The van der Waals surface area contributed by atoms with Gasteiger partial charge in [0.1, 0.15) is 10.8 Å². The van der Waals surface area contributed by atoms with Gasteiger partial charge in [0.25, 0.3) is 0 Å². The molecule has 0 atom stereocenters. The molecule has 1 heterocycles. The molecule has 1 aromatic carbocycles. The molecule has 0 bridgehead atoms. The summed E-state index contributed by atoms with van der Waals surface area (Å²) >= 11 is 6.12. The fourth-order valence-corrected chi connectivity index (χ4v) is 1.71. The molecular formula is C11H12ClN3. The SMILES string of the molecule is Cc1cccc(-c2nc(N)n(C)c2Cl)c1. The molecule has 15 heavy (non-hydrogen) atoms. The third kappa shape index (κ3) is 1.70. The van der Waals surface area contributed by atoms with Gasteiger partial charge in [-0.05, 0) is 13.0 Å². The molecule has 4 heteroatoms. The van der Waals surface area contributed by atoms with Gasteiger partial charge in [0, 0.05) is 12.6 Å². The van der Waals surface area contributed by atoms with E-state index in [0.29, 0.717) is 11.1 Å². The third-order valence-corrected chi connectivity index (χ3v) is 2.78. The molecule has 0 radical (unpaired) electrons.